The van der Waals surface area contributed by atoms with Crippen LogP contribution in [-0.4, -0.2) is 33.8 Å². The van der Waals surface area contributed by atoms with Crippen molar-refractivity contribution in [2.45, 2.75) is 25.0 Å². The summed E-state index contributed by atoms with van der Waals surface area (Å²) in [5.74, 6) is 0.336. The minimum Gasteiger partial charge on any atom is -0.373 e. The van der Waals surface area contributed by atoms with Crippen LogP contribution in [0.25, 0.3) is 0 Å². The average molecular weight is 306 g/mol. The number of fused-ring (bicyclic) bond motifs is 2. The molecule has 1 unspecified atom stereocenters. The lowest BCUT2D eigenvalue weighted by atomic mass is 9.79. The zero-order valence-corrected chi connectivity index (χ0v) is 13.2. The second-order valence-corrected chi connectivity index (χ2v) is 6.76. The first kappa shape index (κ1) is 14.2. The predicted molar refractivity (Wildman–Crippen MR) is 88.4 cm³/mol. The summed E-state index contributed by atoms with van der Waals surface area (Å²) in [6, 6.07) is 16.7. The van der Waals surface area contributed by atoms with E-state index in [-0.39, 0.29) is 5.91 Å². The van der Waals surface area contributed by atoms with Crippen LogP contribution in [0.3, 0.4) is 0 Å². The van der Waals surface area contributed by atoms with Gasteiger partial charge in [-0.05, 0) is 25.5 Å². The SMILES string of the molecule is CC1(C)CN2C(=O)c3ccccc3C(O)(c3ccccc3)C2=N1. The number of amides is 1. The molecule has 4 heteroatoms. The van der Waals surface area contributed by atoms with Gasteiger partial charge in [-0.15, -0.1) is 0 Å². The highest BCUT2D eigenvalue weighted by atomic mass is 16.3. The smallest absolute Gasteiger partial charge is 0.259 e. The van der Waals surface area contributed by atoms with Gasteiger partial charge in [0, 0.05) is 11.1 Å². The monoisotopic (exact) mass is 306 g/mol. The molecule has 0 aromatic heterocycles. The maximum Gasteiger partial charge on any atom is 0.259 e. The molecule has 1 N–H and O–H groups in total. The third-order valence-corrected chi connectivity index (χ3v) is 4.52. The minimum atomic E-state index is -1.40. The van der Waals surface area contributed by atoms with Crippen LogP contribution in [0.5, 0.6) is 0 Å². The molecular formula is C19H18N2O2. The highest BCUT2D eigenvalue weighted by molar-refractivity contribution is 6.16. The third kappa shape index (κ3) is 1.88. The van der Waals surface area contributed by atoms with Crippen molar-refractivity contribution < 1.29 is 9.90 Å². The molecule has 0 aliphatic carbocycles. The van der Waals surface area contributed by atoms with E-state index in [0.29, 0.717) is 23.5 Å². The standard InChI is InChI=1S/C19H18N2O2/c1-18(2)12-21-16(22)14-10-6-7-11-15(14)19(23,17(21)20-18)13-8-4-3-5-9-13/h3-11,23H,12H2,1-2H3. The van der Waals surface area contributed by atoms with Crippen LogP contribution in [0.15, 0.2) is 59.6 Å². The van der Waals surface area contributed by atoms with Gasteiger partial charge in [0.2, 0.25) is 0 Å². The summed E-state index contributed by atoms with van der Waals surface area (Å²) < 4.78 is 0. The Balaban J connectivity index is 2.05. The maximum absolute atomic E-state index is 12.8. The van der Waals surface area contributed by atoms with Gasteiger partial charge in [-0.1, -0.05) is 48.5 Å². The van der Waals surface area contributed by atoms with E-state index < -0.39 is 11.1 Å². The molecular weight excluding hydrogens is 288 g/mol. The summed E-state index contributed by atoms with van der Waals surface area (Å²) in [5.41, 5.74) is 0.0517. The Labute approximate surface area is 135 Å². The fourth-order valence-electron chi connectivity index (χ4n) is 3.50. The zero-order valence-electron chi connectivity index (χ0n) is 13.2. The van der Waals surface area contributed by atoms with E-state index in [4.69, 9.17) is 4.99 Å². The Kier molecular flexibility index (Phi) is 2.78. The van der Waals surface area contributed by atoms with E-state index in [1.54, 1.807) is 11.0 Å². The quantitative estimate of drug-likeness (QED) is 0.880. The van der Waals surface area contributed by atoms with Crippen molar-refractivity contribution in [1.82, 2.24) is 4.90 Å². The lowest BCUT2D eigenvalue weighted by molar-refractivity contribution is 0.0747. The second kappa shape index (κ2) is 4.52. The summed E-state index contributed by atoms with van der Waals surface area (Å²) in [7, 11) is 0. The first-order chi connectivity index (χ1) is 10.9. The fraction of sp³-hybridized carbons (Fsp3) is 0.263. The van der Waals surface area contributed by atoms with Crippen LogP contribution in [0.2, 0.25) is 0 Å². The topological polar surface area (TPSA) is 52.9 Å². The third-order valence-electron chi connectivity index (χ3n) is 4.52. The number of benzene rings is 2. The highest BCUT2D eigenvalue weighted by Gasteiger charge is 2.53. The Morgan fingerprint density at radius 1 is 1.04 bits per heavy atom. The summed E-state index contributed by atoms with van der Waals surface area (Å²) in [5, 5.41) is 11.7. The molecule has 2 aromatic carbocycles. The normalized spacial score (nSPS) is 24.9. The largest absolute Gasteiger partial charge is 0.373 e. The van der Waals surface area contributed by atoms with Gasteiger partial charge in [0.05, 0.1) is 12.1 Å². The predicted octanol–water partition coefficient (Wildman–Crippen LogP) is 2.57. The van der Waals surface area contributed by atoms with Gasteiger partial charge in [0.25, 0.3) is 5.91 Å². The second-order valence-electron chi connectivity index (χ2n) is 6.76. The molecule has 0 fully saturated rings. The zero-order chi connectivity index (χ0) is 16.2. The molecule has 0 radical (unpaired) electrons. The van der Waals surface area contributed by atoms with Crippen molar-refractivity contribution in [2.24, 2.45) is 4.99 Å². The van der Waals surface area contributed by atoms with Crippen molar-refractivity contribution in [3.8, 4) is 0 Å². The Morgan fingerprint density at radius 2 is 1.70 bits per heavy atom. The van der Waals surface area contributed by atoms with Crippen molar-refractivity contribution in [1.29, 1.82) is 0 Å². The van der Waals surface area contributed by atoms with Gasteiger partial charge in [0.15, 0.2) is 5.60 Å². The Hall–Kier alpha value is -2.46. The molecule has 116 valence electrons. The van der Waals surface area contributed by atoms with Crippen molar-refractivity contribution in [2.75, 3.05) is 6.54 Å². The molecule has 2 aliphatic rings. The summed E-state index contributed by atoms with van der Waals surface area (Å²) >= 11 is 0. The number of hydrogen-bond donors (Lipinski definition) is 1. The average Bonchev–Trinajstić information content (AvgIpc) is 2.90. The number of carbonyl (C=O) groups is 1. The number of aliphatic hydroxyl groups is 1. The van der Waals surface area contributed by atoms with E-state index in [0.717, 1.165) is 5.56 Å². The first-order valence-electron chi connectivity index (χ1n) is 7.73. The molecule has 0 bridgehead atoms. The molecule has 1 amide bonds. The van der Waals surface area contributed by atoms with Crippen LogP contribution in [0, 0.1) is 0 Å². The number of rotatable bonds is 1. The van der Waals surface area contributed by atoms with Gasteiger partial charge in [-0.25, -0.2) is 0 Å². The summed E-state index contributed by atoms with van der Waals surface area (Å²) in [6.07, 6.45) is 0. The van der Waals surface area contributed by atoms with Gasteiger partial charge in [0.1, 0.15) is 5.84 Å². The molecule has 2 aromatic rings. The van der Waals surface area contributed by atoms with Gasteiger partial charge < -0.3 is 5.11 Å². The van der Waals surface area contributed by atoms with Crippen molar-refractivity contribution in [3.05, 3.63) is 71.3 Å². The molecule has 23 heavy (non-hydrogen) atoms. The lowest BCUT2D eigenvalue weighted by Crippen LogP contribution is -2.53. The fourth-order valence-corrected chi connectivity index (χ4v) is 3.50. The van der Waals surface area contributed by atoms with E-state index in [1.165, 1.54) is 0 Å². The highest BCUT2D eigenvalue weighted by Crippen LogP contribution is 2.42. The first-order valence-corrected chi connectivity index (χ1v) is 7.73. The number of aliphatic imine (C=N–C) groups is 1. The minimum absolute atomic E-state index is 0.0921. The van der Waals surface area contributed by atoms with Crippen molar-refractivity contribution in [3.63, 3.8) is 0 Å². The Bertz CT molecular complexity index is 826. The lowest BCUT2D eigenvalue weighted by Gasteiger charge is -2.39. The number of amidine groups is 1. The van der Waals surface area contributed by atoms with Crippen LogP contribution in [0.4, 0.5) is 0 Å². The summed E-state index contributed by atoms with van der Waals surface area (Å²) in [6.45, 7) is 4.42. The number of hydrogen-bond acceptors (Lipinski definition) is 3. The van der Waals surface area contributed by atoms with E-state index in [1.807, 2.05) is 62.4 Å². The number of nitrogens with zero attached hydrogens (tertiary/aromatic N) is 2. The summed E-state index contributed by atoms with van der Waals surface area (Å²) in [4.78, 5) is 19.2. The van der Waals surface area contributed by atoms with E-state index >= 15 is 0 Å². The molecule has 2 heterocycles. The van der Waals surface area contributed by atoms with E-state index in [9.17, 15) is 9.90 Å². The molecule has 1 atom stereocenters. The van der Waals surface area contributed by atoms with Crippen molar-refractivity contribution >= 4 is 11.7 Å². The molecule has 4 rings (SSSR count). The molecule has 0 saturated heterocycles. The van der Waals surface area contributed by atoms with E-state index in [2.05, 4.69) is 0 Å². The van der Waals surface area contributed by atoms with Gasteiger partial charge in [-0.2, -0.15) is 0 Å². The number of carbonyl (C=O) groups excluding carboxylic acids is 1. The van der Waals surface area contributed by atoms with Crippen LogP contribution in [-0.2, 0) is 5.60 Å². The van der Waals surface area contributed by atoms with Crippen LogP contribution >= 0.6 is 0 Å². The van der Waals surface area contributed by atoms with Crippen LogP contribution in [0.1, 0.15) is 35.3 Å². The Morgan fingerprint density at radius 3 is 2.43 bits per heavy atom. The molecule has 0 spiro atoms. The maximum atomic E-state index is 12.8. The molecule has 4 nitrogen and oxygen atoms in total. The van der Waals surface area contributed by atoms with Gasteiger partial charge in [-0.3, -0.25) is 14.7 Å². The molecule has 2 aliphatic heterocycles. The van der Waals surface area contributed by atoms with Gasteiger partial charge >= 0.3 is 0 Å². The molecule has 0 saturated carbocycles. The van der Waals surface area contributed by atoms with Crippen LogP contribution < -0.4 is 0 Å².